The number of nitriles is 1. The van der Waals surface area contributed by atoms with Gasteiger partial charge in [0.15, 0.2) is 0 Å². The van der Waals surface area contributed by atoms with Crippen molar-refractivity contribution in [3.05, 3.63) is 29.7 Å². The number of ether oxygens (including phenoxy) is 1. The van der Waals surface area contributed by atoms with E-state index in [2.05, 4.69) is 27.0 Å². The van der Waals surface area contributed by atoms with Crippen LogP contribution in [0.3, 0.4) is 0 Å². The van der Waals surface area contributed by atoms with Gasteiger partial charge in [-0.1, -0.05) is 0 Å². The summed E-state index contributed by atoms with van der Waals surface area (Å²) in [5.41, 5.74) is 14.2. The van der Waals surface area contributed by atoms with Crippen LogP contribution < -0.4 is 32.2 Å². The molecule has 1 aliphatic heterocycles. The molecule has 2 aliphatic rings. The predicted molar refractivity (Wildman–Crippen MR) is 105 cm³/mol. The number of allylic oxidation sites excluding steroid dienone is 1. The zero-order valence-corrected chi connectivity index (χ0v) is 15.9. The number of amides is 1. The Morgan fingerprint density at radius 3 is 2.93 bits per heavy atom. The van der Waals surface area contributed by atoms with E-state index in [9.17, 15) is 4.79 Å². The number of nitrogens with one attached hydrogen (secondary N) is 3. The first-order chi connectivity index (χ1) is 13.5. The van der Waals surface area contributed by atoms with Crippen molar-refractivity contribution in [2.24, 2.45) is 23.3 Å². The van der Waals surface area contributed by atoms with Gasteiger partial charge >= 0.3 is 0 Å². The molecule has 0 aromatic carbocycles. The number of carbonyl (C=O) groups excluding carboxylic acids is 1. The molecule has 3 rings (SSSR count). The van der Waals surface area contributed by atoms with E-state index in [1.165, 1.54) is 12.8 Å². The first-order valence-corrected chi connectivity index (χ1v) is 9.44. The van der Waals surface area contributed by atoms with Gasteiger partial charge in [-0.15, -0.1) is 0 Å². The summed E-state index contributed by atoms with van der Waals surface area (Å²) in [5.74, 6) is 0.0994. The van der Waals surface area contributed by atoms with Crippen molar-refractivity contribution in [3.8, 4) is 11.8 Å². The number of nitrogens with zero attached hydrogens (tertiary/aromatic N) is 2. The first-order valence-electron chi connectivity index (χ1n) is 9.44. The highest BCUT2D eigenvalue weighted by molar-refractivity contribution is 5.94. The summed E-state index contributed by atoms with van der Waals surface area (Å²) in [6.07, 6.45) is 4.52. The third kappa shape index (κ3) is 4.98. The molecule has 7 N–H and O–H groups in total. The number of rotatable bonds is 8. The molecule has 2 unspecified atom stereocenters. The van der Waals surface area contributed by atoms with E-state index in [4.69, 9.17) is 21.5 Å². The molecule has 2 atom stereocenters. The van der Waals surface area contributed by atoms with Crippen LogP contribution in [0.25, 0.3) is 0 Å². The predicted octanol–water partition coefficient (Wildman–Crippen LogP) is 0.375. The number of hydrogen-bond donors (Lipinski definition) is 5. The molecule has 0 spiro atoms. The Balaban J connectivity index is 1.70. The second kappa shape index (κ2) is 9.01. The smallest absolute Gasteiger partial charge is 0.234 e. The van der Waals surface area contributed by atoms with E-state index in [0.717, 1.165) is 11.3 Å². The molecular formula is C19H27N7O2. The summed E-state index contributed by atoms with van der Waals surface area (Å²) in [5, 5.41) is 18.2. The average molecular weight is 385 g/mol. The fourth-order valence-corrected chi connectivity index (χ4v) is 3.12. The Hall–Kier alpha value is -2.67. The minimum absolute atomic E-state index is 0.321. The molecule has 2 heterocycles. The van der Waals surface area contributed by atoms with Crippen molar-refractivity contribution in [1.29, 1.82) is 5.26 Å². The van der Waals surface area contributed by atoms with E-state index in [1.54, 1.807) is 18.5 Å². The Labute approximate surface area is 164 Å². The normalized spacial score (nSPS) is 20.3. The van der Waals surface area contributed by atoms with Crippen LogP contribution in [-0.2, 0) is 4.79 Å². The van der Waals surface area contributed by atoms with Gasteiger partial charge in [0.05, 0.1) is 43.5 Å². The van der Waals surface area contributed by atoms with Gasteiger partial charge in [-0.05, 0) is 31.3 Å². The summed E-state index contributed by atoms with van der Waals surface area (Å²) < 4.78 is 5.82. The fraction of sp³-hybridized carbons (Fsp3) is 0.526. The van der Waals surface area contributed by atoms with E-state index >= 15 is 0 Å². The zero-order chi connectivity index (χ0) is 20.1. The van der Waals surface area contributed by atoms with Crippen LogP contribution in [-0.4, -0.2) is 36.4 Å². The third-order valence-electron chi connectivity index (χ3n) is 5.02. The number of aromatic nitrogens is 1. The number of anilines is 1. The molecule has 150 valence electrons. The van der Waals surface area contributed by atoms with Crippen LogP contribution in [0.15, 0.2) is 29.7 Å². The molecule has 1 aromatic heterocycles. The van der Waals surface area contributed by atoms with Gasteiger partial charge in [-0.2, -0.15) is 5.26 Å². The van der Waals surface area contributed by atoms with Gasteiger partial charge in [-0.3, -0.25) is 15.1 Å². The topological polar surface area (TPSA) is 151 Å². The van der Waals surface area contributed by atoms with Crippen molar-refractivity contribution >= 4 is 11.6 Å². The maximum Gasteiger partial charge on any atom is 0.234 e. The fourth-order valence-electron chi connectivity index (χ4n) is 3.12. The summed E-state index contributed by atoms with van der Waals surface area (Å²) in [4.78, 5) is 17.0. The van der Waals surface area contributed by atoms with E-state index in [-0.39, 0.29) is 5.91 Å². The number of hydrogen-bond acceptors (Lipinski definition) is 8. The quantitative estimate of drug-likeness (QED) is 0.403. The molecule has 0 bridgehead atoms. The maximum absolute atomic E-state index is 13.0. The highest BCUT2D eigenvalue weighted by Crippen LogP contribution is 2.31. The lowest BCUT2D eigenvalue weighted by molar-refractivity contribution is -0.121. The van der Waals surface area contributed by atoms with Gasteiger partial charge in [0.1, 0.15) is 11.4 Å². The number of carbonyl (C=O) groups is 1. The van der Waals surface area contributed by atoms with Crippen LogP contribution in [0.1, 0.15) is 26.2 Å². The van der Waals surface area contributed by atoms with Gasteiger partial charge in [0, 0.05) is 24.5 Å². The van der Waals surface area contributed by atoms with Crippen LogP contribution in [0.5, 0.6) is 5.75 Å². The van der Waals surface area contributed by atoms with Crippen molar-refractivity contribution in [2.45, 2.75) is 38.5 Å². The largest absolute Gasteiger partial charge is 0.491 e. The first kappa shape index (κ1) is 20.1. The van der Waals surface area contributed by atoms with Crippen molar-refractivity contribution < 1.29 is 9.53 Å². The molecule has 1 aromatic rings. The minimum Gasteiger partial charge on any atom is -0.491 e. The Morgan fingerprint density at radius 1 is 1.50 bits per heavy atom. The monoisotopic (exact) mass is 385 g/mol. The minimum atomic E-state index is -0.886. The molecule has 1 aliphatic carbocycles. The third-order valence-corrected chi connectivity index (χ3v) is 5.02. The van der Waals surface area contributed by atoms with Crippen molar-refractivity contribution in [2.75, 3.05) is 18.5 Å². The van der Waals surface area contributed by atoms with Gasteiger partial charge in [0.2, 0.25) is 5.91 Å². The van der Waals surface area contributed by atoms with Crippen LogP contribution in [0.2, 0.25) is 0 Å². The van der Waals surface area contributed by atoms with Crippen molar-refractivity contribution in [3.63, 3.8) is 0 Å². The van der Waals surface area contributed by atoms with Crippen LogP contribution in [0, 0.1) is 23.2 Å². The lowest BCUT2D eigenvalue weighted by Gasteiger charge is -2.35. The molecule has 1 fully saturated rings. The highest BCUT2D eigenvalue weighted by Gasteiger charge is 2.34. The van der Waals surface area contributed by atoms with E-state index < -0.39 is 18.2 Å². The molecule has 1 amide bonds. The molecule has 1 saturated carbocycles. The van der Waals surface area contributed by atoms with Crippen LogP contribution >= 0.6 is 0 Å². The van der Waals surface area contributed by atoms with Crippen molar-refractivity contribution in [1.82, 2.24) is 15.6 Å². The molecule has 9 heteroatoms. The van der Waals surface area contributed by atoms with Crippen LogP contribution in [0.4, 0.5) is 5.69 Å². The second-order valence-electron chi connectivity index (χ2n) is 7.28. The summed E-state index contributed by atoms with van der Waals surface area (Å²) in [6.45, 7) is 3.00. The van der Waals surface area contributed by atoms with Gasteiger partial charge in [-0.25, -0.2) is 0 Å². The summed E-state index contributed by atoms with van der Waals surface area (Å²) >= 11 is 0. The average Bonchev–Trinajstić information content (AvgIpc) is 3.47. The molecule has 0 saturated heterocycles. The standard InChI is InChI=1S/C19H27N7O2/c1-11-13(4-6-20)8-24-18(25-11)16(17(21)22)19(27)26-14-9-23-7-5-15(14)28-10-12-2-3-12/h5,7,9,12,16-18,24-25H,2-4,8,10,21-22H2,1H3,(H,26,27). The lowest BCUT2D eigenvalue weighted by atomic mass is 9.98. The molecule has 0 radical (unpaired) electrons. The second-order valence-corrected chi connectivity index (χ2v) is 7.28. The summed E-state index contributed by atoms with van der Waals surface area (Å²) in [7, 11) is 0. The Bertz CT molecular complexity index is 783. The molecular weight excluding hydrogens is 358 g/mol. The maximum atomic E-state index is 13.0. The zero-order valence-electron chi connectivity index (χ0n) is 15.9. The SMILES string of the molecule is CC1=C(CC#N)CNC(C(C(=O)Nc2cnccc2OCC2CC2)C(N)N)N1. The lowest BCUT2D eigenvalue weighted by Crippen LogP contribution is -2.61. The van der Waals surface area contributed by atoms with E-state index in [1.807, 2.05) is 6.92 Å². The molecule has 28 heavy (non-hydrogen) atoms. The molecule has 9 nitrogen and oxygen atoms in total. The van der Waals surface area contributed by atoms with E-state index in [0.29, 0.717) is 36.9 Å². The Morgan fingerprint density at radius 2 is 2.29 bits per heavy atom. The number of pyridine rings is 1. The van der Waals surface area contributed by atoms with Gasteiger partial charge < -0.3 is 26.8 Å². The summed E-state index contributed by atoms with van der Waals surface area (Å²) in [6, 6.07) is 3.86. The highest BCUT2D eigenvalue weighted by atomic mass is 16.5. The number of nitrogens with two attached hydrogens (primary N) is 2. The van der Waals surface area contributed by atoms with Gasteiger partial charge in [0.25, 0.3) is 0 Å². The Kier molecular flexibility index (Phi) is 6.46.